The first-order valence-electron chi connectivity index (χ1n) is 6.66. The van der Waals surface area contributed by atoms with Gasteiger partial charge in [-0.3, -0.25) is 9.67 Å². The van der Waals surface area contributed by atoms with Crippen LogP contribution in [-0.4, -0.2) is 20.8 Å². The van der Waals surface area contributed by atoms with E-state index in [0.29, 0.717) is 22.3 Å². The molecule has 0 aliphatic rings. The van der Waals surface area contributed by atoms with Crippen molar-refractivity contribution in [3.63, 3.8) is 0 Å². The van der Waals surface area contributed by atoms with Gasteiger partial charge in [-0.2, -0.15) is 5.10 Å². The third kappa shape index (κ3) is 4.19. The molecule has 0 fully saturated rings. The molecule has 2 amide bonds. The number of nitrogens with one attached hydrogen (secondary N) is 2. The first-order valence-corrected chi connectivity index (χ1v) is 7.04. The molecule has 0 spiro atoms. The van der Waals surface area contributed by atoms with Gasteiger partial charge in [0.1, 0.15) is 0 Å². The Labute approximate surface area is 128 Å². The highest BCUT2D eigenvalue weighted by Crippen LogP contribution is 2.16. The van der Waals surface area contributed by atoms with Crippen molar-refractivity contribution >= 4 is 29.0 Å². The number of hydrogen-bond donors (Lipinski definition) is 2. The van der Waals surface area contributed by atoms with E-state index < -0.39 is 0 Å². The van der Waals surface area contributed by atoms with Crippen LogP contribution in [0.4, 0.5) is 16.2 Å². The third-order valence-corrected chi connectivity index (χ3v) is 3.06. The average molecular weight is 308 g/mol. The highest BCUT2D eigenvalue weighted by Gasteiger charge is 2.10. The van der Waals surface area contributed by atoms with Gasteiger partial charge in [0, 0.05) is 12.7 Å². The van der Waals surface area contributed by atoms with E-state index in [1.165, 1.54) is 12.4 Å². The van der Waals surface area contributed by atoms with Crippen LogP contribution >= 0.6 is 11.6 Å². The fourth-order valence-electron chi connectivity index (χ4n) is 1.86. The number of pyridine rings is 1. The zero-order chi connectivity index (χ0) is 15.4. The van der Waals surface area contributed by atoms with Gasteiger partial charge in [0.2, 0.25) is 0 Å². The molecule has 112 valence electrons. The Hall–Kier alpha value is -2.08. The molecule has 2 aromatic heterocycles. The summed E-state index contributed by atoms with van der Waals surface area (Å²) in [7, 11) is 0. The second kappa shape index (κ2) is 6.58. The number of nitrogens with zero attached hydrogens (tertiary/aromatic N) is 3. The fourth-order valence-corrected chi connectivity index (χ4v) is 2.04. The highest BCUT2D eigenvalue weighted by molar-refractivity contribution is 6.30. The average Bonchev–Trinajstić information content (AvgIpc) is 2.71. The molecule has 2 aromatic rings. The van der Waals surface area contributed by atoms with Crippen LogP contribution in [0, 0.1) is 12.8 Å². The lowest BCUT2D eigenvalue weighted by Crippen LogP contribution is -2.20. The van der Waals surface area contributed by atoms with Crippen molar-refractivity contribution in [1.29, 1.82) is 0 Å². The topological polar surface area (TPSA) is 71.8 Å². The largest absolute Gasteiger partial charge is 0.323 e. The number of aromatic nitrogens is 3. The quantitative estimate of drug-likeness (QED) is 0.907. The van der Waals surface area contributed by atoms with Crippen molar-refractivity contribution in [3.8, 4) is 0 Å². The van der Waals surface area contributed by atoms with Crippen molar-refractivity contribution in [2.45, 2.75) is 27.3 Å². The maximum Gasteiger partial charge on any atom is 0.323 e. The Kier molecular flexibility index (Phi) is 4.80. The Morgan fingerprint density at radius 2 is 2.10 bits per heavy atom. The van der Waals surface area contributed by atoms with E-state index in [1.54, 1.807) is 12.3 Å². The molecule has 7 heteroatoms. The van der Waals surface area contributed by atoms with Crippen LogP contribution in [-0.2, 0) is 6.54 Å². The summed E-state index contributed by atoms with van der Waals surface area (Å²) in [6.45, 7) is 6.97. The van der Waals surface area contributed by atoms with E-state index in [0.717, 1.165) is 12.2 Å². The lowest BCUT2D eigenvalue weighted by atomic mass is 10.2. The summed E-state index contributed by atoms with van der Waals surface area (Å²) in [5.41, 5.74) is 2.14. The van der Waals surface area contributed by atoms with E-state index in [4.69, 9.17) is 11.6 Å². The molecule has 0 saturated carbocycles. The number of urea groups is 1. The summed E-state index contributed by atoms with van der Waals surface area (Å²) in [5.74, 6) is 0.489. The monoisotopic (exact) mass is 307 g/mol. The number of rotatable bonds is 4. The minimum Gasteiger partial charge on any atom is -0.306 e. The van der Waals surface area contributed by atoms with Crippen molar-refractivity contribution in [3.05, 3.63) is 35.4 Å². The van der Waals surface area contributed by atoms with Crippen LogP contribution in [0.3, 0.4) is 0 Å². The number of amides is 2. The van der Waals surface area contributed by atoms with Gasteiger partial charge in [0.05, 0.1) is 34.5 Å². The van der Waals surface area contributed by atoms with Gasteiger partial charge in [0.25, 0.3) is 0 Å². The van der Waals surface area contributed by atoms with Crippen molar-refractivity contribution in [1.82, 2.24) is 14.8 Å². The zero-order valence-electron chi connectivity index (χ0n) is 12.2. The first kappa shape index (κ1) is 15.3. The summed E-state index contributed by atoms with van der Waals surface area (Å²) in [6.07, 6.45) is 4.68. The summed E-state index contributed by atoms with van der Waals surface area (Å²) in [5, 5.41) is 10.2. The molecule has 0 aliphatic heterocycles. The van der Waals surface area contributed by atoms with Gasteiger partial charge >= 0.3 is 6.03 Å². The van der Waals surface area contributed by atoms with Gasteiger partial charge in [0.15, 0.2) is 0 Å². The minimum absolute atomic E-state index is 0.355. The summed E-state index contributed by atoms with van der Waals surface area (Å²) < 4.78 is 1.88. The second-order valence-electron chi connectivity index (χ2n) is 5.19. The third-order valence-electron chi connectivity index (χ3n) is 2.85. The molecular weight excluding hydrogens is 290 g/mol. The molecule has 0 saturated heterocycles. The predicted molar refractivity (Wildman–Crippen MR) is 83.7 cm³/mol. The SMILES string of the molecule is Cc1c(NC(=O)Nc2cncc(Cl)c2)cnn1CC(C)C. The van der Waals surface area contributed by atoms with E-state index in [9.17, 15) is 4.79 Å². The minimum atomic E-state index is -0.355. The standard InChI is InChI=1S/C14H18ClN5O/c1-9(2)8-20-10(3)13(7-17-20)19-14(21)18-12-4-11(15)5-16-6-12/h4-7,9H,8H2,1-3H3,(H2,18,19,21). The van der Waals surface area contributed by atoms with Crippen molar-refractivity contribution in [2.24, 2.45) is 5.92 Å². The second-order valence-corrected chi connectivity index (χ2v) is 5.63. The molecule has 0 atom stereocenters. The molecular formula is C14H18ClN5O. The molecule has 0 aliphatic carbocycles. The van der Waals surface area contributed by atoms with Crippen molar-refractivity contribution in [2.75, 3.05) is 10.6 Å². The number of anilines is 2. The van der Waals surface area contributed by atoms with E-state index in [2.05, 4.69) is 34.6 Å². The Morgan fingerprint density at radius 1 is 1.33 bits per heavy atom. The van der Waals surface area contributed by atoms with Crippen molar-refractivity contribution < 1.29 is 4.79 Å². The molecule has 0 aromatic carbocycles. The Balaban J connectivity index is 2.01. The lowest BCUT2D eigenvalue weighted by molar-refractivity contribution is 0.262. The van der Waals surface area contributed by atoms with Gasteiger partial charge in [-0.15, -0.1) is 0 Å². The van der Waals surface area contributed by atoms with Crippen LogP contribution in [0.5, 0.6) is 0 Å². The predicted octanol–water partition coefficient (Wildman–Crippen LogP) is 3.54. The lowest BCUT2D eigenvalue weighted by Gasteiger charge is -2.09. The van der Waals surface area contributed by atoms with E-state index >= 15 is 0 Å². The maximum absolute atomic E-state index is 11.9. The number of carbonyl (C=O) groups excluding carboxylic acids is 1. The van der Waals surface area contributed by atoms with E-state index in [1.807, 2.05) is 11.6 Å². The molecule has 0 bridgehead atoms. The molecule has 0 radical (unpaired) electrons. The molecule has 21 heavy (non-hydrogen) atoms. The summed E-state index contributed by atoms with van der Waals surface area (Å²) >= 11 is 5.82. The summed E-state index contributed by atoms with van der Waals surface area (Å²) in [6, 6.07) is 1.27. The van der Waals surface area contributed by atoms with Crippen LogP contribution in [0.1, 0.15) is 19.5 Å². The number of halogens is 1. The number of hydrogen-bond acceptors (Lipinski definition) is 3. The Bertz CT molecular complexity index is 638. The Morgan fingerprint density at radius 3 is 2.76 bits per heavy atom. The molecule has 2 rings (SSSR count). The fraction of sp³-hybridized carbons (Fsp3) is 0.357. The highest BCUT2D eigenvalue weighted by atomic mass is 35.5. The molecule has 2 heterocycles. The molecule has 0 unspecified atom stereocenters. The smallest absolute Gasteiger partial charge is 0.306 e. The van der Waals surface area contributed by atoms with Gasteiger partial charge in [-0.25, -0.2) is 4.79 Å². The van der Waals surface area contributed by atoms with Crippen LogP contribution < -0.4 is 10.6 Å². The molecule has 2 N–H and O–H groups in total. The first-order chi connectivity index (χ1) is 9.95. The van der Waals surface area contributed by atoms with Crippen LogP contribution in [0.2, 0.25) is 5.02 Å². The normalized spacial score (nSPS) is 10.7. The van der Waals surface area contributed by atoms with Crippen LogP contribution in [0.15, 0.2) is 24.7 Å². The maximum atomic E-state index is 11.9. The molecule has 6 nitrogen and oxygen atoms in total. The van der Waals surface area contributed by atoms with E-state index in [-0.39, 0.29) is 6.03 Å². The van der Waals surface area contributed by atoms with Gasteiger partial charge in [-0.05, 0) is 18.9 Å². The zero-order valence-corrected chi connectivity index (χ0v) is 13.0. The summed E-state index contributed by atoms with van der Waals surface area (Å²) in [4.78, 5) is 15.9. The van der Waals surface area contributed by atoms with Crippen LogP contribution in [0.25, 0.3) is 0 Å². The van der Waals surface area contributed by atoms with Gasteiger partial charge < -0.3 is 10.6 Å². The van der Waals surface area contributed by atoms with Gasteiger partial charge in [-0.1, -0.05) is 25.4 Å². The number of carbonyl (C=O) groups is 1.